The number of rotatable bonds is 20. The van der Waals surface area contributed by atoms with Gasteiger partial charge >= 0.3 is 5.97 Å². The van der Waals surface area contributed by atoms with Crippen LogP contribution in [-0.2, 0) is 26.2 Å². The summed E-state index contributed by atoms with van der Waals surface area (Å²) in [5, 5.41) is 16.9. The van der Waals surface area contributed by atoms with E-state index in [0.29, 0.717) is 12.0 Å². The van der Waals surface area contributed by atoms with Gasteiger partial charge in [0.25, 0.3) is 15.9 Å². The fourth-order valence-corrected chi connectivity index (χ4v) is 5.60. The minimum atomic E-state index is -3.69. The Bertz CT molecular complexity index is 1160. The van der Waals surface area contributed by atoms with Gasteiger partial charge in [0.05, 0.1) is 4.90 Å². The number of carboxylic acids is 1. The van der Waals surface area contributed by atoms with Gasteiger partial charge in [-0.1, -0.05) is 96.1 Å². The normalized spacial score (nSPS) is 11.5. The van der Waals surface area contributed by atoms with E-state index in [9.17, 15) is 18.0 Å². The maximum absolute atomic E-state index is 12.6. The van der Waals surface area contributed by atoms with E-state index in [0.717, 1.165) is 35.0 Å². The van der Waals surface area contributed by atoms with Crippen LogP contribution in [0.1, 0.15) is 108 Å². The first kappa shape index (κ1) is 37.1. The standard InChI is InChI=1S/C16H19N3O4S.C16H32O2/c1-18(2)11-13-3-6-15(7-4-13)24(22,23)19-10-9-14(12-19)5-8-16(20)17-21;1-2-3-4-5-6-7-8-9-10-11-12-13-14-15-16(17)18/h3-10,12,21H,11H2,1-2H3,(H,17,20);2-15H2,1H3,(H,17,18)/b8-5+;. The highest BCUT2D eigenvalue weighted by atomic mass is 32.2. The van der Waals surface area contributed by atoms with Crippen molar-refractivity contribution in [1.82, 2.24) is 14.4 Å². The van der Waals surface area contributed by atoms with Crippen LogP contribution in [0.2, 0.25) is 0 Å². The van der Waals surface area contributed by atoms with Gasteiger partial charge in [-0.15, -0.1) is 0 Å². The van der Waals surface area contributed by atoms with Crippen LogP contribution in [0, 0.1) is 0 Å². The third-order valence-electron chi connectivity index (χ3n) is 6.72. The van der Waals surface area contributed by atoms with Crippen LogP contribution < -0.4 is 5.48 Å². The number of carbonyl (C=O) groups excluding carboxylic acids is 1. The van der Waals surface area contributed by atoms with E-state index in [1.54, 1.807) is 30.3 Å². The molecule has 0 radical (unpaired) electrons. The number of hydrogen-bond donors (Lipinski definition) is 3. The molecule has 0 unspecified atom stereocenters. The Morgan fingerprint density at radius 3 is 1.86 bits per heavy atom. The van der Waals surface area contributed by atoms with Crippen molar-refractivity contribution in [3.05, 3.63) is 59.9 Å². The molecule has 10 heteroatoms. The summed E-state index contributed by atoms with van der Waals surface area (Å²) < 4.78 is 26.3. The molecule has 0 spiro atoms. The van der Waals surface area contributed by atoms with E-state index in [1.165, 1.54) is 94.6 Å². The molecule has 0 aliphatic carbocycles. The fourth-order valence-electron chi connectivity index (χ4n) is 4.40. The predicted octanol–water partition coefficient (Wildman–Crippen LogP) is 6.86. The first-order valence-electron chi connectivity index (χ1n) is 15.1. The molecule has 1 heterocycles. The monoisotopic (exact) mass is 605 g/mol. The van der Waals surface area contributed by atoms with Crippen molar-refractivity contribution in [2.24, 2.45) is 0 Å². The lowest BCUT2D eigenvalue weighted by Crippen LogP contribution is -2.14. The number of hydroxylamine groups is 1. The Hall–Kier alpha value is -2.95. The highest BCUT2D eigenvalue weighted by Gasteiger charge is 2.16. The molecule has 0 fully saturated rings. The zero-order valence-electron chi connectivity index (χ0n) is 25.6. The molecule has 0 atom stereocenters. The summed E-state index contributed by atoms with van der Waals surface area (Å²) in [6.07, 6.45) is 22.6. The van der Waals surface area contributed by atoms with Crippen molar-refractivity contribution in [2.45, 2.75) is 108 Å². The van der Waals surface area contributed by atoms with E-state index < -0.39 is 21.9 Å². The van der Waals surface area contributed by atoms with E-state index in [-0.39, 0.29) is 4.90 Å². The SMILES string of the molecule is CCCCCCCCCCCCCCCC(=O)O.CN(C)Cc1ccc(S(=O)(=O)n2ccc(/C=C/C(=O)NO)c2)cc1. The lowest BCUT2D eigenvalue weighted by Gasteiger charge is -2.10. The Kier molecular flexibility index (Phi) is 19.2. The van der Waals surface area contributed by atoms with E-state index >= 15 is 0 Å². The third kappa shape index (κ3) is 16.5. The molecule has 0 aliphatic heterocycles. The molecule has 2 aromatic rings. The summed E-state index contributed by atoms with van der Waals surface area (Å²) in [6.45, 7) is 2.99. The van der Waals surface area contributed by atoms with Gasteiger partial charge in [0.1, 0.15) is 0 Å². The highest BCUT2D eigenvalue weighted by molar-refractivity contribution is 7.90. The second-order valence-electron chi connectivity index (χ2n) is 10.9. The smallest absolute Gasteiger partial charge is 0.303 e. The largest absolute Gasteiger partial charge is 0.481 e. The van der Waals surface area contributed by atoms with E-state index in [2.05, 4.69) is 6.92 Å². The average molecular weight is 606 g/mol. The average Bonchev–Trinajstić information content (AvgIpc) is 3.44. The van der Waals surface area contributed by atoms with Gasteiger partial charge in [0.15, 0.2) is 0 Å². The van der Waals surface area contributed by atoms with Gasteiger partial charge in [0, 0.05) is 31.4 Å². The van der Waals surface area contributed by atoms with Crippen molar-refractivity contribution in [1.29, 1.82) is 0 Å². The van der Waals surface area contributed by atoms with Crippen molar-refractivity contribution < 1.29 is 28.3 Å². The molecule has 1 amide bonds. The highest BCUT2D eigenvalue weighted by Crippen LogP contribution is 2.17. The summed E-state index contributed by atoms with van der Waals surface area (Å²) in [6, 6.07) is 8.26. The number of unbranched alkanes of at least 4 members (excludes halogenated alkanes) is 12. The van der Waals surface area contributed by atoms with Crippen LogP contribution in [0.15, 0.2) is 53.7 Å². The van der Waals surface area contributed by atoms with Crippen LogP contribution in [0.25, 0.3) is 6.08 Å². The molecular formula is C32H51N3O6S. The lowest BCUT2D eigenvalue weighted by molar-refractivity contribution is -0.137. The molecule has 0 bridgehead atoms. The second-order valence-corrected chi connectivity index (χ2v) is 12.7. The summed E-state index contributed by atoms with van der Waals surface area (Å²) in [4.78, 5) is 23.4. The molecule has 42 heavy (non-hydrogen) atoms. The number of nitrogens with zero attached hydrogens (tertiary/aromatic N) is 2. The Labute approximate surface area is 252 Å². The zero-order chi connectivity index (χ0) is 31.2. The van der Waals surface area contributed by atoms with Crippen molar-refractivity contribution in [2.75, 3.05) is 14.1 Å². The second kappa shape index (κ2) is 21.7. The minimum absolute atomic E-state index is 0.184. The maximum Gasteiger partial charge on any atom is 0.303 e. The molecule has 1 aromatic carbocycles. The van der Waals surface area contributed by atoms with E-state index in [4.69, 9.17) is 10.3 Å². The molecule has 3 N–H and O–H groups in total. The lowest BCUT2D eigenvalue weighted by atomic mass is 10.0. The fraction of sp³-hybridized carbons (Fsp3) is 0.562. The number of aromatic nitrogens is 1. The summed E-state index contributed by atoms with van der Waals surface area (Å²) >= 11 is 0. The van der Waals surface area contributed by atoms with Crippen molar-refractivity contribution in [3.8, 4) is 0 Å². The van der Waals surface area contributed by atoms with Gasteiger partial charge in [-0.2, -0.15) is 0 Å². The van der Waals surface area contributed by atoms with E-state index in [1.807, 2.05) is 19.0 Å². The molecule has 236 valence electrons. The van der Waals surface area contributed by atoms with Crippen LogP contribution in [0.4, 0.5) is 0 Å². The predicted molar refractivity (Wildman–Crippen MR) is 168 cm³/mol. The van der Waals surface area contributed by atoms with Crippen molar-refractivity contribution >= 4 is 28.0 Å². The molecular weight excluding hydrogens is 554 g/mol. The Morgan fingerprint density at radius 2 is 1.38 bits per heavy atom. The van der Waals surface area contributed by atoms with Crippen LogP contribution in [0.3, 0.4) is 0 Å². The van der Waals surface area contributed by atoms with Crippen LogP contribution in [0.5, 0.6) is 0 Å². The zero-order valence-corrected chi connectivity index (χ0v) is 26.4. The Morgan fingerprint density at radius 1 is 0.857 bits per heavy atom. The van der Waals surface area contributed by atoms with Crippen LogP contribution in [-0.4, -0.2) is 53.6 Å². The molecule has 0 saturated heterocycles. The number of nitrogens with one attached hydrogen (secondary N) is 1. The maximum atomic E-state index is 12.6. The van der Waals surface area contributed by atoms with Gasteiger partial charge < -0.3 is 10.0 Å². The number of amides is 1. The summed E-state index contributed by atoms with van der Waals surface area (Å²) in [7, 11) is 0.194. The minimum Gasteiger partial charge on any atom is -0.481 e. The molecule has 2 rings (SSSR count). The van der Waals surface area contributed by atoms with Gasteiger partial charge in [-0.05, 0) is 55.9 Å². The first-order chi connectivity index (χ1) is 20.1. The van der Waals surface area contributed by atoms with Crippen molar-refractivity contribution in [3.63, 3.8) is 0 Å². The number of benzene rings is 1. The molecule has 0 aliphatic rings. The van der Waals surface area contributed by atoms with Crippen LogP contribution >= 0.6 is 0 Å². The molecule has 0 saturated carbocycles. The number of hydrogen-bond acceptors (Lipinski definition) is 6. The van der Waals surface area contributed by atoms with Gasteiger partial charge in [0.2, 0.25) is 0 Å². The molecule has 1 aromatic heterocycles. The first-order valence-corrected chi connectivity index (χ1v) is 16.5. The van der Waals surface area contributed by atoms with Gasteiger partial charge in [-0.3, -0.25) is 14.8 Å². The number of aliphatic carboxylic acids is 1. The third-order valence-corrected chi connectivity index (χ3v) is 8.37. The number of carboxylic acid groups (broad SMARTS) is 1. The number of carbonyl (C=O) groups is 2. The summed E-state index contributed by atoms with van der Waals surface area (Å²) in [5.41, 5.74) is 3.00. The Balaban J connectivity index is 0.000000440. The quantitative estimate of drug-likeness (QED) is 0.0651. The molecule has 9 nitrogen and oxygen atoms in total. The van der Waals surface area contributed by atoms with Gasteiger partial charge in [-0.25, -0.2) is 17.9 Å². The topological polar surface area (TPSA) is 129 Å². The summed E-state index contributed by atoms with van der Waals surface area (Å²) in [5.74, 6) is -1.35.